The lowest BCUT2D eigenvalue weighted by atomic mass is 10.2. The maximum atomic E-state index is 12.9. The molecule has 1 atom stereocenters. The van der Waals surface area contributed by atoms with Crippen molar-refractivity contribution in [2.75, 3.05) is 29.9 Å². The van der Waals surface area contributed by atoms with E-state index < -0.39 is 25.9 Å². The maximum absolute atomic E-state index is 12.9. The molecule has 0 aliphatic carbocycles. The van der Waals surface area contributed by atoms with Gasteiger partial charge in [-0.3, -0.25) is 0 Å². The molecule has 8 heteroatoms. The van der Waals surface area contributed by atoms with E-state index in [1.54, 1.807) is 25.1 Å². The van der Waals surface area contributed by atoms with Crippen molar-refractivity contribution in [3.63, 3.8) is 0 Å². The molecule has 1 aromatic carbocycles. The molecule has 1 unspecified atom stereocenters. The largest absolute Gasteiger partial charge is 0.384 e. The Kier molecular flexibility index (Phi) is 3.94. The van der Waals surface area contributed by atoms with Gasteiger partial charge in [0.25, 0.3) is 0 Å². The highest BCUT2D eigenvalue weighted by molar-refractivity contribution is 7.92. The van der Waals surface area contributed by atoms with E-state index in [9.17, 15) is 16.8 Å². The van der Waals surface area contributed by atoms with E-state index in [0.29, 0.717) is 6.42 Å². The summed E-state index contributed by atoms with van der Waals surface area (Å²) >= 11 is 0. The molecule has 2 heterocycles. The predicted molar refractivity (Wildman–Crippen MR) is 85.3 cm³/mol. The van der Waals surface area contributed by atoms with Crippen LogP contribution in [-0.2, 0) is 26.3 Å². The summed E-state index contributed by atoms with van der Waals surface area (Å²) in [6.07, 6.45) is 1.19. The number of nitrogens with one attached hydrogen (secondary N) is 1. The van der Waals surface area contributed by atoms with Crippen LogP contribution in [0.5, 0.6) is 0 Å². The standard InChI is InChI=1S/C14H20N2O4S2/c1-2-16(12-6-8-21(17,18)10-12)22(19,20)13-3-4-14-11(9-13)5-7-15-14/h3-4,9,12,15H,2,5-8,10H2,1H3. The van der Waals surface area contributed by atoms with Gasteiger partial charge >= 0.3 is 0 Å². The first kappa shape index (κ1) is 15.8. The van der Waals surface area contributed by atoms with Crippen LogP contribution < -0.4 is 5.32 Å². The summed E-state index contributed by atoms with van der Waals surface area (Å²) in [5.41, 5.74) is 1.97. The Labute approximate surface area is 131 Å². The van der Waals surface area contributed by atoms with Gasteiger partial charge in [0.15, 0.2) is 9.84 Å². The van der Waals surface area contributed by atoms with Crippen LogP contribution in [0.3, 0.4) is 0 Å². The van der Waals surface area contributed by atoms with Gasteiger partial charge in [-0.15, -0.1) is 0 Å². The average molecular weight is 344 g/mol. The molecule has 0 spiro atoms. The fraction of sp³-hybridized carbons (Fsp3) is 0.571. The van der Waals surface area contributed by atoms with E-state index in [1.807, 2.05) is 0 Å². The van der Waals surface area contributed by atoms with Crippen molar-refractivity contribution in [3.05, 3.63) is 23.8 Å². The number of sulfonamides is 1. The summed E-state index contributed by atoms with van der Waals surface area (Å²) in [6.45, 7) is 2.84. The van der Waals surface area contributed by atoms with Crippen molar-refractivity contribution in [2.24, 2.45) is 0 Å². The number of benzene rings is 1. The van der Waals surface area contributed by atoms with Gasteiger partial charge in [0.2, 0.25) is 10.0 Å². The minimum absolute atomic E-state index is 0.0673. The van der Waals surface area contributed by atoms with Gasteiger partial charge in [-0.1, -0.05) is 6.92 Å². The van der Waals surface area contributed by atoms with Crippen molar-refractivity contribution >= 4 is 25.5 Å². The third-order valence-corrected chi connectivity index (χ3v) is 8.09. The molecule has 0 bridgehead atoms. The van der Waals surface area contributed by atoms with Gasteiger partial charge in [-0.2, -0.15) is 4.31 Å². The van der Waals surface area contributed by atoms with E-state index in [0.717, 1.165) is 24.2 Å². The molecule has 22 heavy (non-hydrogen) atoms. The molecule has 0 radical (unpaired) electrons. The number of nitrogens with zero attached hydrogens (tertiary/aromatic N) is 1. The molecule has 0 amide bonds. The van der Waals surface area contributed by atoms with E-state index in [4.69, 9.17) is 0 Å². The molecule has 3 rings (SSSR count). The second-order valence-electron chi connectivity index (χ2n) is 5.76. The highest BCUT2D eigenvalue weighted by atomic mass is 32.2. The van der Waals surface area contributed by atoms with Gasteiger partial charge in [0.05, 0.1) is 16.4 Å². The van der Waals surface area contributed by atoms with Crippen LogP contribution in [0.25, 0.3) is 0 Å². The summed E-state index contributed by atoms with van der Waals surface area (Å²) in [5.74, 6) is -0.00956. The van der Waals surface area contributed by atoms with Crippen molar-refractivity contribution in [1.29, 1.82) is 0 Å². The summed E-state index contributed by atoms with van der Waals surface area (Å²) in [6, 6.07) is 4.63. The molecule has 0 aromatic heterocycles. The number of fused-ring (bicyclic) bond motifs is 1. The van der Waals surface area contributed by atoms with Crippen LogP contribution in [-0.4, -0.2) is 51.8 Å². The predicted octanol–water partition coefficient (Wildman–Crippen LogP) is 0.852. The highest BCUT2D eigenvalue weighted by Gasteiger charge is 2.38. The van der Waals surface area contributed by atoms with Crippen molar-refractivity contribution in [1.82, 2.24) is 4.31 Å². The zero-order chi connectivity index (χ0) is 16.0. The Bertz CT molecular complexity index is 787. The Balaban J connectivity index is 1.94. The van der Waals surface area contributed by atoms with Gasteiger partial charge in [-0.25, -0.2) is 16.8 Å². The molecule has 2 aliphatic heterocycles. The lowest BCUT2D eigenvalue weighted by Crippen LogP contribution is -2.40. The Hall–Kier alpha value is -1.12. The molecule has 6 nitrogen and oxygen atoms in total. The molecular weight excluding hydrogens is 324 g/mol. The lowest BCUT2D eigenvalue weighted by molar-refractivity contribution is 0.354. The number of hydrogen-bond acceptors (Lipinski definition) is 5. The minimum Gasteiger partial charge on any atom is -0.384 e. The summed E-state index contributed by atoms with van der Waals surface area (Å²) in [5, 5.41) is 3.20. The molecular formula is C14H20N2O4S2. The fourth-order valence-corrected chi connectivity index (χ4v) is 6.74. The van der Waals surface area contributed by atoms with Gasteiger partial charge in [-0.05, 0) is 36.6 Å². The molecule has 1 saturated heterocycles. The van der Waals surface area contributed by atoms with Gasteiger partial charge in [0.1, 0.15) is 0 Å². The SMILES string of the molecule is CCN(C1CCS(=O)(=O)C1)S(=O)(=O)c1ccc2c(c1)CCN2. The number of anilines is 1. The van der Waals surface area contributed by atoms with Crippen LogP contribution in [0.2, 0.25) is 0 Å². The monoisotopic (exact) mass is 344 g/mol. The topological polar surface area (TPSA) is 83.6 Å². The first-order valence-corrected chi connectivity index (χ1v) is 10.7. The second kappa shape index (κ2) is 5.50. The van der Waals surface area contributed by atoms with E-state index in [1.165, 1.54) is 4.31 Å². The molecule has 1 N–H and O–H groups in total. The normalized spacial score (nSPS) is 23.5. The van der Waals surface area contributed by atoms with Crippen LogP contribution in [0.15, 0.2) is 23.1 Å². The first-order valence-electron chi connectivity index (χ1n) is 7.42. The quantitative estimate of drug-likeness (QED) is 0.875. The van der Waals surface area contributed by atoms with Crippen molar-refractivity contribution < 1.29 is 16.8 Å². The highest BCUT2D eigenvalue weighted by Crippen LogP contribution is 2.29. The third kappa shape index (κ3) is 2.75. The zero-order valence-corrected chi connectivity index (χ0v) is 14.1. The van der Waals surface area contributed by atoms with Crippen molar-refractivity contribution in [3.8, 4) is 0 Å². The Morgan fingerprint density at radius 3 is 2.77 bits per heavy atom. The van der Waals surface area contributed by atoms with Crippen LogP contribution in [0, 0.1) is 0 Å². The third-order valence-electron chi connectivity index (χ3n) is 4.32. The number of sulfone groups is 1. The molecule has 2 aliphatic rings. The summed E-state index contributed by atoms with van der Waals surface area (Å²) in [7, 11) is -6.78. The molecule has 1 fully saturated rings. The van der Waals surface area contributed by atoms with Crippen LogP contribution in [0.1, 0.15) is 18.9 Å². The van der Waals surface area contributed by atoms with E-state index in [2.05, 4.69) is 5.32 Å². The van der Waals surface area contributed by atoms with Gasteiger partial charge < -0.3 is 5.32 Å². The van der Waals surface area contributed by atoms with Gasteiger partial charge in [0, 0.05) is 24.8 Å². The molecule has 1 aromatic rings. The van der Waals surface area contributed by atoms with Crippen LogP contribution >= 0.6 is 0 Å². The van der Waals surface area contributed by atoms with Crippen LogP contribution in [0.4, 0.5) is 5.69 Å². The van der Waals surface area contributed by atoms with E-state index in [-0.39, 0.29) is 22.9 Å². The molecule has 122 valence electrons. The Morgan fingerprint density at radius 2 is 2.14 bits per heavy atom. The fourth-order valence-electron chi connectivity index (χ4n) is 3.20. The first-order chi connectivity index (χ1) is 10.3. The molecule has 0 saturated carbocycles. The zero-order valence-electron chi connectivity index (χ0n) is 12.4. The minimum atomic E-state index is -3.67. The number of hydrogen-bond donors (Lipinski definition) is 1. The van der Waals surface area contributed by atoms with Crippen molar-refractivity contribution in [2.45, 2.75) is 30.7 Å². The Morgan fingerprint density at radius 1 is 1.36 bits per heavy atom. The summed E-state index contributed by atoms with van der Waals surface area (Å²) < 4.78 is 50.4. The lowest BCUT2D eigenvalue weighted by Gasteiger charge is -2.26. The average Bonchev–Trinajstić information content (AvgIpc) is 3.04. The summed E-state index contributed by atoms with van der Waals surface area (Å²) in [4.78, 5) is 0.251. The van der Waals surface area contributed by atoms with E-state index >= 15 is 0 Å². The number of rotatable bonds is 4. The second-order valence-corrected chi connectivity index (χ2v) is 9.88. The maximum Gasteiger partial charge on any atom is 0.243 e. The smallest absolute Gasteiger partial charge is 0.243 e.